The molecule has 2 N–H and O–H groups in total. The molecule has 4 rings (SSSR count). The Morgan fingerprint density at radius 1 is 0.906 bits per heavy atom. The lowest BCUT2D eigenvalue weighted by molar-refractivity contribution is -0.150. The van der Waals surface area contributed by atoms with Crippen molar-refractivity contribution in [2.45, 2.75) is 55.9 Å². The van der Waals surface area contributed by atoms with Crippen LogP contribution in [0, 0.1) is 11.7 Å². The number of benzene rings is 2. The summed E-state index contributed by atoms with van der Waals surface area (Å²) >= 11 is 0. The minimum Gasteiger partial charge on any atom is -0.481 e. The zero-order valence-electron chi connectivity index (χ0n) is 18.3. The molecule has 0 radical (unpaired) electrons. The van der Waals surface area contributed by atoms with Crippen molar-refractivity contribution in [1.82, 2.24) is 4.90 Å². The monoisotopic (exact) mass is 439 g/mol. The van der Waals surface area contributed by atoms with E-state index in [1.807, 2.05) is 37.3 Å². The molecular weight excluding hydrogens is 409 g/mol. The van der Waals surface area contributed by atoms with Crippen molar-refractivity contribution in [3.63, 3.8) is 0 Å². The molecule has 0 bridgehead atoms. The first-order valence-corrected chi connectivity index (χ1v) is 11.3. The highest BCUT2D eigenvalue weighted by Gasteiger charge is 2.50. The Kier molecular flexibility index (Phi) is 6.08. The molecule has 1 heterocycles. The van der Waals surface area contributed by atoms with Gasteiger partial charge in [-0.2, -0.15) is 0 Å². The highest BCUT2D eigenvalue weighted by molar-refractivity contribution is 5.82. The highest BCUT2D eigenvalue weighted by atomic mass is 19.1. The molecule has 32 heavy (non-hydrogen) atoms. The van der Waals surface area contributed by atoms with E-state index in [9.17, 15) is 24.2 Å². The van der Waals surface area contributed by atoms with Gasteiger partial charge in [-0.05, 0) is 67.8 Å². The molecule has 2 aromatic rings. The second-order valence-corrected chi connectivity index (χ2v) is 9.41. The fourth-order valence-corrected chi connectivity index (χ4v) is 5.96. The quantitative estimate of drug-likeness (QED) is 0.720. The van der Waals surface area contributed by atoms with Gasteiger partial charge in [-0.1, -0.05) is 49.4 Å². The summed E-state index contributed by atoms with van der Waals surface area (Å²) < 4.78 is 13.4. The summed E-state index contributed by atoms with van der Waals surface area (Å²) in [6.45, 7) is 3.35. The first-order chi connectivity index (χ1) is 15.3. The van der Waals surface area contributed by atoms with Gasteiger partial charge in [0.1, 0.15) is 5.82 Å². The summed E-state index contributed by atoms with van der Waals surface area (Å²) in [7, 11) is 0. The van der Waals surface area contributed by atoms with Crippen LogP contribution in [0.15, 0.2) is 54.6 Å². The first-order valence-electron chi connectivity index (χ1n) is 11.3. The lowest BCUT2D eigenvalue weighted by Gasteiger charge is -2.49. The van der Waals surface area contributed by atoms with Gasteiger partial charge in [-0.25, -0.2) is 4.39 Å². The highest BCUT2D eigenvalue weighted by Crippen LogP contribution is 2.45. The maximum Gasteiger partial charge on any atom is 0.314 e. The third-order valence-electron chi connectivity index (χ3n) is 7.94. The second-order valence-electron chi connectivity index (χ2n) is 9.41. The van der Waals surface area contributed by atoms with Crippen LogP contribution < -0.4 is 0 Å². The van der Waals surface area contributed by atoms with Gasteiger partial charge in [0, 0.05) is 12.6 Å². The lowest BCUT2D eigenvalue weighted by atomic mass is 9.65. The van der Waals surface area contributed by atoms with Crippen molar-refractivity contribution in [1.29, 1.82) is 0 Å². The van der Waals surface area contributed by atoms with Crippen LogP contribution in [0.2, 0.25) is 0 Å². The minimum atomic E-state index is -0.986. The van der Waals surface area contributed by atoms with Crippen LogP contribution in [0.5, 0.6) is 0 Å². The van der Waals surface area contributed by atoms with Crippen molar-refractivity contribution < 1.29 is 24.2 Å². The molecule has 2 aromatic carbocycles. The van der Waals surface area contributed by atoms with Gasteiger partial charge in [0.2, 0.25) is 0 Å². The molecule has 1 aliphatic carbocycles. The fraction of sp³-hybridized carbons (Fsp3) is 0.462. The van der Waals surface area contributed by atoms with Gasteiger partial charge < -0.3 is 15.1 Å². The summed E-state index contributed by atoms with van der Waals surface area (Å²) in [6, 6.07) is 15.6. The molecule has 0 amide bonds. The zero-order valence-corrected chi connectivity index (χ0v) is 18.3. The predicted molar refractivity (Wildman–Crippen MR) is 119 cm³/mol. The summed E-state index contributed by atoms with van der Waals surface area (Å²) in [5.74, 6) is -2.07. The molecule has 0 aromatic heterocycles. The van der Waals surface area contributed by atoms with E-state index in [4.69, 9.17) is 0 Å². The number of aliphatic carboxylic acids is 2. The Balaban J connectivity index is 1.49. The number of hydrogen-bond acceptors (Lipinski definition) is 3. The van der Waals surface area contributed by atoms with E-state index in [1.165, 1.54) is 12.1 Å². The van der Waals surface area contributed by atoms with E-state index >= 15 is 0 Å². The first kappa shape index (κ1) is 22.5. The standard InChI is InChI=1S/C26H30FNO4/c1-18-17-28(16-15-26(18,24(31)32)20-5-3-2-4-6-20)22-11-13-25(14-12-22,23(29)30)19-7-9-21(27)10-8-19/h2-10,18,22H,11-17H2,1H3,(H,29,30)(H,31,32)/t18-,22?,25?,26-/m1/s1. The van der Waals surface area contributed by atoms with Crippen LogP contribution in [0.3, 0.4) is 0 Å². The molecular formula is C26H30FNO4. The molecule has 6 heteroatoms. The summed E-state index contributed by atoms with van der Waals surface area (Å²) in [5.41, 5.74) is -0.374. The SMILES string of the molecule is C[C@@H]1CN(C2CCC(C(=O)O)(c3ccc(F)cc3)CC2)CC[C@]1(C(=O)O)c1ccccc1. The van der Waals surface area contributed by atoms with Crippen molar-refractivity contribution >= 4 is 11.9 Å². The number of likely N-dealkylation sites (tertiary alicyclic amines) is 1. The zero-order chi connectivity index (χ0) is 22.9. The second kappa shape index (κ2) is 8.66. The number of rotatable bonds is 5. The molecule has 1 saturated carbocycles. The van der Waals surface area contributed by atoms with E-state index in [-0.39, 0.29) is 17.8 Å². The van der Waals surface area contributed by atoms with E-state index in [0.29, 0.717) is 37.9 Å². The third kappa shape index (κ3) is 3.71. The Morgan fingerprint density at radius 2 is 1.53 bits per heavy atom. The number of halogens is 1. The van der Waals surface area contributed by atoms with E-state index in [1.54, 1.807) is 12.1 Å². The maximum absolute atomic E-state index is 13.4. The number of carboxylic acids is 2. The van der Waals surface area contributed by atoms with Gasteiger partial charge in [-0.3, -0.25) is 9.59 Å². The number of nitrogens with zero attached hydrogens (tertiary/aromatic N) is 1. The van der Waals surface area contributed by atoms with Crippen molar-refractivity contribution in [3.05, 3.63) is 71.5 Å². The van der Waals surface area contributed by atoms with Crippen LogP contribution in [0.25, 0.3) is 0 Å². The summed E-state index contributed by atoms with van der Waals surface area (Å²) in [6.07, 6.45) is 2.97. The topological polar surface area (TPSA) is 77.8 Å². The van der Waals surface area contributed by atoms with Gasteiger partial charge in [0.05, 0.1) is 10.8 Å². The van der Waals surface area contributed by atoms with E-state index in [0.717, 1.165) is 18.4 Å². The molecule has 2 aliphatic rings. The van der Waals surface area contributed by atoms with E-state index in [2.05, 4.69) is 4.90 Å². The van der Waals surface area contributed by atoms with Gasteiger partial charge in [-0.15, -0.1) is 0 Å². The maximum atomic E-state index is 13.4. The molecule has 0 spiro atoms. The molecule has 1 aliphatic heterocycles. The number of carbonyl (C=O) groups is 2. The lowest BCUT2D eigenvalue weighted by Crippen LogP contribution is -2.56. The fourth-order valence-electron chi connectivity index (χ4n) is 5.96. The summed E-state index contributed by atoms with van der Waals surface area (Å²) in [5, 5.41) is 20.2. The Hall–Kier alpha value is -2.73. The molecule has 170 valence electrons. The van der Waals surface area contributed by atoms with Crippen LogP contribution in [0.4, 0.5) is 4.39 Å². The Labute approximate surface area is 187 Å². The van der Waals surface area contributed by atoms with Gasteiger partial charge in [0.25, 0.3) is 0 Å². The van der Waals surface area contributed by atoms with Crippen LogP contribution in [0.1, 0.15) is 50.2 Å². The summed E-state index contributed by atoms with van der Waals surface area (Å²) in [4.78, 5) is 27.0. The van der Waals surface area contributed by atoms with Crippen LogP contribution in [-0.4, -0.2) is 46.2 Å². The normalized spacial score (nSPS) is 31.2. The Morgan fingerprint density at radius 3 is 2.06 bits per heavy atom. The smallest absolute Gasteiger partial charge is 0.314 e. The largest absolute Gasteiger partial charge is 0.481 e. The number of hydrogen-bond donors (Lipinski definition) is 2. The average Bonchev–Trinajstić information content (AvgIpc) is 2.80. The molecule has 5 nitrogen and oxygen atoms in total. The van der Waals surface area contributed by atoms with Crippen molar-refractivity contribution in [3.8, 4) is 0 Å². The van der Waals surface area contributed by atoms with Crippen LogP contribution in [-0.2, 0) is 20.4 Å². The number of carboxylic acid groups (broad SMARTS) is 2. The molecule has 0 unspecified atom stereocenters. The van der Waals surface area contributed by atoms with E-state index < -0.39 is 22.8 Å². The minimum absolute atomic E-state index is 0.0700. The molecule has 2 atom stereocenters. The Bertz CT molecular complexity index is 969. The van der Waals surface area contributed by atoms with Crippen molar-refractivity contribution in [2.75, 3.05) is 13.1 Å². The molecule has 2 fully saturated rings. The molecule has 1 saturated heterocycles. The van der Waals surface area contributed by atoms with Crippen LogP contribution >= 0.6 is 0 Å². The predicted octanol–water partition coefficient (Wildman–Crippen LogP) is 4.46. The third-order valence-corrected chi connectivity index (χ3v) is 7.94. The van der Waals surface area contributed by atoms with Crippen molar-refractivity contribution in [2.24, 2.45) is 5.92 Å². The van der Waals surface area contributed by atoms with Gasteiger partial charge in [0.15, 0.2) is 0 Å². The number of piperidine rings is 1. The average molecular weight is 440 g/mol. The van der Waals surface area contributed by atoms with Gasteiger partial charge >= 0.3 is 11.9 Å².